The maximum absolute atomic E-state index is 12.6. The number of aldehydes is 1. The van der Waals surface area contributed by atoms with Crippen LogP contribution in [0.15, 0.2) is 47.4 Å². The first-order valence-electron chi connectivity index (χ1n) is 8.14. The van der Waals surface area contributed by atoms with Crippen molar-refractivity contribution in [1.29, 1.82) is 0 Å². The van der Waals surface area contributed by atoms with E-state index in [-0.39, 0.29) is 28.1 Å². The molecule has 4 N–H and O–H groups in total. The average Bonchev–Trinajstić information content (AvgIpc) is 2.65. The van der Waals surface area contributed by atoms with E-state index in [4.69, 9.17) is 10.2 Å². The highest BCUT2D eigenvalue weighted by Crippen LogP contribution is 2.23. The van der Waals surface area contributed by atoms with E-state index >= 15 is 0 Å². The molecule has 9 nitrogen and oxygen atoms in total. The van der Waals surface area contributed by atoms with Crippen molar-refractivity contribution in [3.63, 3.8) is 0 Å². The summed E-state index contributed by atoms with van der Waals surface area (Å²) in [5.74, 6) is -2.22. The molecule has 10 heteroatoms. The summed E-state index contributed by atoms with van der Waals surface area (Å²) >= 11 is 0. The third-order valence-corrected chi connectivity index (χ3v) is 5.11. The van der Waals surface area contributed by atoms with Gasteiger partial charge in [-0.2, -0.15) is 0 Å². The molecule has 0 aliphatic carbocycles. The summed E-state index contributed by atoms with van der Waals surface area (Å²) in [5.41, 5.74) is 0.131. The first-order chi connectivity index (χ1) is 13.2. The van der Waals surface area contributed by atoms with E-state index in [9.17, 15) is 22.8 Å². The fourth-order valence-corrected chi connectivity index (χ4v) is 3.51. The quantitative estimate of drug-likeness (QED) is 0.347. The summed E-state index contributed by atoms with van der Waals surface area (Å²) in [5, 5.41) is 20.7. The van der Waals surface area contributed by atoms with Gasteiger partial charge in [0.1, 0.15) is 0 Å². The molecule has 2 aromatic rings. The molecule has 0 saturated carbocycles. The van der Waals surface area contributed by atoms with E-state index in [2.05, 4.69) is 10.0 Å². The van der Waals surface area contributed by atoms with E-state index in [0.29, 0.717) is 24.9 Å². The molecule has 0 heterocycles. The highest BCUT2D eigenvalue weighted by atomic mass is 32.2. The van der Waals surface area contributed by atoms with Gasteiger partial charge in [-0.15, -0.1) is 0 Å². The van der Waals surface area contributed by atoms with Gasteiger partial charge in [0.05, 0.1) is 16.1 Å². The Kier molecular flexibility index (Phi) is 6.72. The van der Waals surface area contributed by atoms with Crippen LogP contribution in [0, 0.1) is 0 Å². The second-order valence-electron chi connectivity index (χ2n) is 5.75. The maximum atomic E-state index is 12.6. The van der Waals surface area contributed by atoms with Crippen LogP contribution in [0.4, 0.5) is 11.4 Å². The highest BCUT2D eigenvalue weighted by Gasteiger charge is 2.19. The van der Waals surface area contributed by atoms with Crippen LogP contribution >= 0.6 is 0 Å². The number of hydrogen-bond donors (Lipinski definition) is 4. The van der Waals surface area contributed by atoms with Gasteiger partial charge in [-0.25, -0.2) is 13.2 Å². The number of sulfonamides is 1. The monoisotopic (exact) mass is 406 g/mol. The molecule has 0 fully saturated rings. The molecular formula is C18H18N2O7S. The second kappa shape index (κ2) is 9.00. The van der Waals surface area contributed by atoms with E-state index in [0.717, 1.165) is 6.07 Å². The number of para-hydroxylation sites is 1. The fourth-order valence-electron chi connectivity index (χ4n) is 2.39. The molecular weight excluding hydrogens is 388 g/mol. The molecule has 0 aliphatic heterocycles. The molecule has 0 spiro atoms. The van der Waals surface area contributed by atoms with Gasteiger partial charge in [0.2, 0.25) is 0 Å². The van der Waals surface area contributed by atoms with Gasteiger partial charge >= 0.3 is 11.9 Å². The van der Waals surface area contributed by atoms with Gasteiger partial charge in [0.15, 0.2) is 6.29 Å². The van der Waals surface area contributed by atoms with Crippen LogP contribution in [0.5, 0.6) is 0 Å². The fraction of sp³-hybridized carbons (Fsp3) is 0.167. The van der Waals surface area contributed by atoms with E-state index in [1.807, 2.05) is 0 Å². The van der Waals surface area contributed by atoms with Gasteiger partial charge in [-0.1, -0.05) is 12.1 Å². The Morgan fingerprint density at radius 1 is 1.04 bits per heavy atom. The summed E-state index contributed by atoms with van der Waals surface area (Å²) in [7, 11) is -4.13. The lowest BCUT2D eigenvalue weighted by molar-refractivity contribution is -0.137. The number of hydrogen-bond acceptors (Lipinski definition) is 6. The van der Waals surface area contributed by atoms with Gasteiger partial charge in [-0.05, 0) is 36.8 Å². The van der Waals surface area contributed by atoms with Crippen molar-refractivity contribution in [1.82, 2.24) is 0 Å². The first kappa shape index (κ1) is 20.9. The van der Waals surface area contributed by atoms with E-state index < -0.39 is 22.0 Å². The number of rotatable bonds is 10. The summed E-state index contributed by atoms with van der Waals surface area (Å²) in [6, 6.07) is 9.35. The van der Waals surface area contributed by atoms with Crippen molar-refractivity contribution in [3.05, 3.63) is 53.6 Å². The standard InChI is InChI=1S/C18H18N2O7S/c21-11-12-10-13(7-8-15(12)19-9-3-6-17(22)23)28(26,27)20-16-5-2-1-4-14(16)18(24)25/h1-2,4-5,7-8,10-11,19-20H,3,6,9H2,(H,22,23)(H,24,25). The third-order valence-electron chi connectivity index (χ3n) is 3.74. The first-order valence-corrected chi connectivity index (χ1v) is 9.63. The van der Waals surface area contributed by atoms with Crippen LogP contribution in [0.3, 0.4) is 0 Å². The SMILES string of the molecule is O=Cc1cc(S(=O)(=O)Nc2ccccc2C(=O)O)ccc1NCCCC(=O)O. The number of carboxylic acid groups (broad SMARTS) is 2. The van der Waals surface area contributed by atoms with Crippen molar-refractivity contribution in [2.24, 2.45) is 0 Å². The van der Waals surface area contributed by atoms with Crippen molar-refractivity contribution in [3.8, 4) is 0 Å². The third kappa shape index (κ3) is 5.30. The molecule has 148 valence electrons. The number of carboxylic acids is 2. The molecule has 0 bridgehead atoms. The summed E-state index contributed by atoms with van der Waals surface area (Å²) in [6.45, 7) is 0.295. The number of anilines is 2. The summed E-state index contributed by atoms with van der Waals surface area (Å²) in [6.07, 6.45) is 0.772. The Balaban J connectivity index is 2.23. The molecule has 0 aromatic heterocycles. The van der Waals surface area contributed by atoms with Crippen LogP contribution in [0.25, 0.3) is 0 Å². The van der Waals surface area contributed by atoms with Crippen molar-refractivity contribution < 1.29 is 33.0 Å². The predicted octanol–water partition coefficient (Wildman–Crippen LogP) is 2.27. The van der Waals surface area contributed by atoms with E-state index in [1.165, 1.54) is 36.4 Å². The van der Waals surface area contributed by atoms with Crippen molar-refractivity contribution in [2.75, 3.05) is 16.6 Å². The lowest BCUT2D eigenvalue weighted by atomic mass is 10.2. The van der Waals surface area contributed by atoms with Gasteiger partial charge in [0, 0.05) is 24.2 Å². The number of nitrogens with one attached hydrogen (secondary N) is 2. The zero-order chi connectivity index (χ0) is 20.7. The Morgan fingerprint density at radius 2 is 1.75 bits per heavy atom. The minimum Gasteiger partial charge on any atom is -0.481 e. The zero-order valence-electron chi connectivity index (χ0n) is 14.6. The molecule has 0 atom stereocenters. The minimum absolute atomic E-state index is 0.0389. The second-order valence-corrected chi connectivity index (χ2v) is 7.43. The minimum atomic E-state index is -4.13. The van der Waals surface area contributed by atoms with Gasteiger partial charge in [0.25, 0.3) is 10.0 Å². The van der Waals surface area contributed by atoms with Crippen molar-refractivity contribution >= 4 is 39.6 Å². The Hall–Kier alpha value is -3.40. The molecule has 0 amide bonds. The van der Waals surface area contributed by atoms with Crippen LogP contribution in [0.2, 0.25) is 0 Å². The van der Waals surface area contributed by atoms with E-state index in [1.54, 1.807) is 0 Å². The predicted molar refractivity (Wildman–Crippen MR) is 101 cm³/mol. The largest absolute Gasteiger partial charge is 0.481 e. The maximum Gasteiger partial charge on any atom is 0.337 e. The zero-order valence-corrected chi connectivity index (χ0v) is 15.4. The number of carbonyl (C=O) groups is 3. The molecule has 28 heavy (non-hydrogen) atoms. The number of benzene rings is 2. The molecule has 0 unspecified atom stereocenters. The smallest absolute Gasteiger partial charge is 0.337 e. The Labute approximate surface area is 161 Å². The normalized spacial score (nSPS) is 10.9. The Bertz CT molecular complexity index is 1000. The number of aromatic carboxylic acids is 1. The highest BCUT2D eigenvalue weighted by molar-refractivity contribution is 7.92. The topological polar surface area (TPSA) is 150 Å². The number of aliphatic carboxylic acids is 1. The Morgan fingerprint density at radius 3 is 2.39 bits per heavy atom. The molecule has 2 rings (SSSR count). The summed E-state index contributed by atoms with van der Waals surface area (Å²) < 4.78 is 27.4. The van der Waals surface area contributed by atoms with Gasteiger partial charge in [-0.3, -0.25) is 14.3 Å². The molecule has 0 aliphatic rings. The molecule has 0 radical (unpaired) electrons. The number of carbonyl (C=O) groups excluding carboxylic acids is 1. The van der Waals surface area contributed by atoms with Crippen LogP contribution in [0.1, 0.15) is 33.6 Å². The van der Waals surface area contributed by atoms with Gasteiger partial charge < -0.3 is 15.5 Å². The average molecular weight is 406 g/mol. The van der Waals surface area contributed by atoms with Crippen molar-refractivity contribution in [2.45, 2.75) is 17.7 Å². The molecule has 2 aromatic carbocycles. The lowest BCUT2D eigenvalue weighted by Gasteiger charge is -2.13. The summed E-state index contributed by atoms with van der Waals surface area (Å²) in [4.78, 5) is 32.8. The van der Waals surface area contributed by atoms with Crippen LogP contribution in [-0.4, -0.2) is 43.4 Å². The van der Waals surface area contributed by atoms with Crippen LogP contribution in [-0.2, 0) is 14.8 Å². The van der Waals surface area contributed by atoms with Crippen LogP contribution < -0.4 is 10.0 Å². The lowest BCUT2D eigenvalue weighted by Crippen LogP contribution is -2.16. The molecule has 0 saturated heterocycles.